The number of rotatable bonds is 3. The van der Waals surface area contributed by atoms with Crippen LogP contribution in [0.2, 0.25) is 0 Å². The van der Waals surface area contributed by atoms with Crippen LogP contribution < -0.4 is 5.32 Å². The van der Waals surface area contributed by atoms with E-state index in [1.807, 2.05) is 19.3 Å². The third kappa shape index (κ3) is 1.87. The molecule has 0 spiro atoms. The van der Waals surface area contributed by atoms with Crippen molar-refractivity contribution in [3.05, 3.63) is 30.6 Å². The summed E-state index contributed by atoms with van der Waals surface area (Å²) in [6.07, 6.45) is 4.90. The molecule has 0 aliphatic rings. The predicted molar refractivity (Wildman–Crippen MR) is 47.0 cm³/mol. The van der Waals surface area contributed by atoms with Crippen molar-refractivity contribution in [2.24, 2.45) is 7.05 Å². The molecule has 0 amide bonds. The lowest BCUT2D eigenvalue weighted by atomic mass is 10.5. The molecule has 0 aromatic carbocycles. The van der Waals surface area contributed by atoms with Gasteiger partial charge in [0.25, 0.3) is 0 Å². The smallest absolute Gasteiger partial charge is 0.180 e. The molecule has 2 aromatic rings. The van der Waals surface area contributed by atoms with Crippen LogP contribution in [0.3, 0.4) is 0 Å². The van der Waals surface area contributed by atoms with E-state index in [0.29, 0.717) is 6.54 Å². The second-order valence-corrected chi connectivity index (χ2v) is 2.71. The summed E-state index contributed by atoms with van der Waals surface area (Å²) in [5.41, 5.74) is 0.866. The topological polar surface area (TPSA) is 55.9 Å². The fourth-order valence-electron chi connectivity index (χ4n) is 1.02. The summed E-state index contributed by atoms with van der Waals surface area (Å²) in [5.74, 6) is 0.838. The Labute approximate surface area is 75.4 Å². The Morgan fingerprint density at radius 2 is 2.54 bits per heavy atom. The van der Waals surface area contributed by atoms with Gasteiger partial charge in [0.15, 0.2) is 6.39 Å². The number of hydrogen-bond donors (Lipinski definition) is 1. The molecule has 0 fully saturated rings. The molecule has 0 saturated carbocycles. The fourth-order valence-corrected chi connectivity index (χ4v) is 1.02. The van der Waals surface area contributed by atoms with E-state index in [0.717, 1.165) is 11.5 Å². The van der Waals surface area contributed by atoms with Crippen LogP contribution >= 0.6 is 0 Å². The van der Waals surface area contributed by atoms with Gasteiger partial charge in [-0.1, -0.05) is 0 Å². The summed E-state index contributed by atoms with van der Waals surface area (Å²) < 4.78 is 6.57. The van der Waals surface area contributed by atoms with Gasteiger partial charge in [0.05, 0.1) is 12.2 Å². The van der Waals surface area contributed by atoms with Crippen LogP contribution in [0.4, 0.5) is 5.82 Å². The third-order valence-electron chi connectivity index (χ3n) is 1.65. The molecule has 1 N–H and O–H groups in total. The van der Waals surface area contributed by atoms with Gasteiger partial charge >= 0.3 is 0 Å². The maximum absolute atomic E-state index is 4.83. The molecule has 2 heterocycles. The first-order chi connectivity index (χ1) is 6.34. The van der Waals surface area contributed by atoms with E-state index in [2.05, 4.69) is 15.4 Å². The number of aromatic nitrogens is 3. The highest BCUT2D eigenvalue weighted by atomic mass is 16.3. The van der Waals surface area contributed by atoms with Crippen molar-refractivity contribution in [2.75, 3.05) is 5.32 Å². The minimum Gasteiger partial charge on any atom is -0.451 e. The van der Waals surface area contributed by atoms with Gasteiger partial charge in [-0.2, -0.15) is 5.10 Å². The highest BCUT2D eigenvalue weighted by Gasteiger charge is 1.97. The molecule has 13 heavy (non-hydrogen) atoms. The molecule has 2 aromatic heterocycles. The second kappa shape index (κ2) is 3.30. The highest BCUT2D eigenvalue weighted by Crippen LogP contribution is 2.03. The number of anilines is 1. The maximum Gasteiger partial charge on any atom is 0.180 e. The van der Waals surface area contributed by atoms with Crippen LogP contribution in [-0.2, 0) is 13.6 Å². The van der Waals surface area contributed by atoms with Gasteiger partial charge in [0, 0.05) is 19.3 Å². The molecule has 5 nitrogen and oxygen atoms in total. The third-order valence-corrected chi connectivity index (χ3v) is 1.65. The zero-order valence-corrected chi connectivity index (χ0v) is 7.27. The standard InChI is InChI=1S/C8H10N4O/c1-12-3-2-8(11-12)9-4-7-5-13-6-10-7/h2-3,5-6H,4H2,1H3,(H,9,11). The first kappa shape index (κ1) is 7.85. The van der Waals surface area contributed by atoms with E-state index in [1.54, 1.807) is 10.9 Å². The van der Waals surface area contributed by atoms with Crippen LogP contribution in [0.5, 0.6) is 0 Å². The largest absolute Gasteiger partial charge is 0.451 e. The molecule has 0 aliphatic heterocycles. The van der Waals surface area contributed by atoms with Crippen molar-refractivity contribution in [3.63, 3.8) is 0 Å². The Bertz CT molecular complexity index is 365. The van der Waals surface area contributed by atoms with E-state index >= 15 is 0 Å². The average molecular weight is 178 g/mol. The number of oxazole rings is 1. The van der Waals surface area contributed by atoms with Gasteiger partial charge in [-0.05, 0) is 0 Å². The van der Waals surface area contributed by atoms with Crippen LogP contribution in [-0.4, -0.2) is 14.8 Å². The molecule has 0 bridgehead atoms. The SMILES string of the molecule is Cn1ccc(NCc2cocn2)n1. The van der Waals surface area contributed by atoms with E-state index in [-0.39, 0.29) is 0 Å². The van der Waals surface area contributed by atoms with Crippen LogP contribution in [0, 0.1) is 0 Å². The minimum atomic E-state index is 0.632. The molecule has 0 aliphatic carbocycles. The zero-order valence-electron chi connectivity index (χ0n) is 7.27. The van der Waals surface area contributed by atoms with Gasteiger partial charge in [-0.25, -0.2) is 4.98 Å². The lowest BCUT2D eigenvalue weighted by Gasteiger charge is -1.97. The molecular formula is C8H10N4O. The lowest BCUT2D eigenvalue weighted by Crippen LogP contribution is -2.00. The quantitative estimate of drug-likeness (QED) is 0.762. The molecule has 5 heteroatoms. The van der Waals surface area contributed by atoms with Gasteiger partial charge in [-0.15, -0.1) is 0 Å². The predicted octanol–water partition coefficient (Wildman–Crippen LogP) is 1.02. The van der Waals surface area contributed by atoms with E-state index in [1.165, 1.54) is 6.39 Å². The molecule has 0 radical (unpaired) electrons. The fraction of sp³-hybridized carbons (Fsp3) is 0.250. The van der Waals surface area contributed by atoms with E-state index in [9.17, 15) is 0 Å². The summed E-state index contributed by atoms with van der Waals surface area (Å²) in [6, 6.07) is 1.90. The van der Waals surface area contributed by atoms with Gasteiger partial charge in [0.1, 0.15) is 12.1 Å². The molecule has 0 atom stereocenters. The monoisotopic (exact) mass is 178 g/mol. The summed E-state index contributed by atoms with van der Waals surface area (Å²) in [6.45, 7) is 0.632. The van der Waals surface area contributed by atoms with Crippen LogP contribution in [0.25, 0.3) is 0 Å². The van der Waals surface area contributed by atoms with Crippen molar-refractivity contribution >= 4 is 5.82 Å². The summed E-state index contributed by atoms with van der Waals surface area (Å²) in [4.78, 5) is 3.97. The van der Waals surface area contributed by atoms with E-state index < -0.39 is 0 Å². The molecule has 68 valence electrons. The number of nitrogens with one attached hydrogen (secondary N) is 1. The number of hydrogen-bond acceptors (Lipinski definition) is 4. The Balaban J connectivity index is 1.93. The Morgan fingerprint density at radius 1 is 1.62 bits per heavy atom. The summed E-state index contributed by atoms with van der Waals surface area (Å²) >= 11 is 0. The van der Waals surface area contributed by atoms with Crippen LogP contribution in [0.15, 0.2) is 29.3 Å². The van der Waals surface area contributed by atoms with Crippen molar-refractivity contribution in [2.45, 2.75) is 6.54 Å². The first-order valence-corrected chi connectivity index (χ1v) is 3.95. The van der Waals surface area contributed by atoms with Crippen molar-refractivity contribution in [1.29, 1.82) is 0 Å². The summed E-state index contributed by atoms with van der Waals surface area (Å²) in [5, 5.41) is 7.27. The van der Waals surface area contributed by atoms with Crippen molar-refractivity contribution in [1.82, 2.24) is 14.8 Å². The Morgan fingerprint density at radius 3 is 3.15 bits per heavy atom. The molecular weight excluding hydrogens is 168 g/mol. The molecule has 0 saturated heterocycles. The lowest BCUT2D eigenvalue weighted by molar-refractivity contribution is 0.556. The average Bonchev–Trinajstić information content (AvgIpc) is 2.71. The number of aryl methyl sites for hydroxylation is 1. The normalized spacial score (nSPS) is 10.2. The van der Waals surface area contributed by atoms with Crippen molar-refractivity contribution in [3.8, 4) is 0 Å². The maximum atomic E-state index is 4.83. The summed E-state index contributed by atoms with van der Waals surface area (Å²) in [7, 11) is 1.88. The highest BCUT2D eigenvalue weighted by molar-refractivity contribution is 5.32. The van der Waals surface area contributed by atoms with Gasteiger partial charge < -0.3 is 9.73 Å². The Hall–Kier alpha value is -1.78. The van der Waals surface area contributed by atoms with Gasteiger partial charge in [-0.3, -0.25) is 4.68 Å². The van der Waals surface area contributed by atoms with Gasteiger partial charge in [0.2, 0.25) is 0 Å². The second-order valence-electron chi connectivity index (χ2n) is 2.71. The molecule has 0 unspecified atom stereocenters. The van der Waals surface area contributed by atoms with E-state index in [4.69, 9.17) is 4.42 Å². The zero-order chi connectivity index (χ0) is 9.10. The first-order valence-electron chi connectivity index (χ1n) is 3.95. The minimum absolute atomic E-state index is 0.632. The Kier molecular flexibility index (Phi) is 1.99. The van der Waals surface area contributed by atoms with Crippen LogP contribution in [0.1, 0.15) is 5.69 Å². The number of nitrogens with zero attached hydrogens (tertiary/aromatic N) is 3. The molecule has 2 rings (SSSR count). The van der Waals surface area contributed by atoms with Crippen molar-refractivity contribution < 1.29 is 4.42 Å².